The molecule has 2 heteroatoms. The molecule has 1 aliphatic rings. The topological polar surface area (TPSA) is 9.23 Å². The molecule has 2 rings (SSSR count). The minimum absolute atomic E-state index is 0.175. The largest absolute Gasteiger partial charge is 0.381 e. The fraction of sp³-hybridized carbons (Fsp3) is 0.333. The van der Waals surface area contributed by atoms with Gasteiger partial charge in [0.1, 0.15) is 5.82 Å². The van der Waals surface area contributed by atoms with Gasteiger partial charge in [-0.1, -0.05) is 23.8 Å². The Hall–Kier alpha value is -1.15. The van der Waals surface area contributed by atoms with Gasteiger partial charge in [0.05, 0.1) is 13.2 Å². The van der Waals surface area contributed by atoms with E-state index < -0.39 is 0 Å². The number of ether oxygens (including phenoxy) is 1. The zero-order valence-electron chi connectivity index (χ0n) is 8.00. The van der Waals surface area contributed by atoms with Crippen LogP contribution in [0.4, 0.5) is 4.39 Å². The molecule has 1 heterocycles. The van der Waals surface area contributed by atoms with E-state index in [1.54, 1.807) is 12.1 Å². The molecule has 0 N–H and O–H groups in total. The lowest BCUT2D eigenvalue weighted by Crippen LogP contribution is -2.06. The summed E-state index contributed by atoms with van der Waals surface area (Å²) < 4.78 is 18.1. The molecule has 0 bridgehead atoms. The highest BCUT2D eigenvalue weighted by atomic mass is 19.1. The Morgan fingerprint density at radius 2 is 2.00 bits per heavy atom. The van der Waals surface area contributed by atoms with Crippen molar-refractivity contribution in [1.29, 1.82) is 0 Å². The molecule has 0 amide bonds. The van der Waals surface area contributed by atoms with Gasteiger partial charge in [0, 0.05) is 0 Å². The van der Waals surface area contributed by atoms with Gasteiger partial charge in [0.25, 0.3) is 0 Å². The predicted octanol–water partition coefficient (Wildman–Crippen LogP) is 3.02. The third kappa shape index (κ3) is 2.42. The van der Waals surface area contributed by atoms with Gasteiger partial charge >= 0.3 is 0 Å². The third-order valence-corrected chi connectivity index (χ3v) is 2.35. The summed E-state index contributed by atoms with van der Waals surface area (Å²) in [5.74, 6) is -0.175. The lowest BCUT2D eigenvalue weighted by atomic mass is 10.0. The zero-order valence-corrected chi connectivity index (χ0v) is 8.00. The van der Waals surface area contributed by atoms with Crippen LogP contribution >= 0.6 is 0 Å². The fourth-order valence-corrected chi connectivity index (χ4v) is 1.61. The Morgan fingerprint density at radius 3 is 2.71 bits per heavy atom. The molecule has 1 aromatic carbocycles. The van der Waals surface area contributed by atoms with Crippen LogP contribution in [0.2, 0.25) is 0 Å². The first-order valence-corrected chi connectivity index (χ1v) is 4.87. The van der Waals surface area contributed by atoms with E-state index in [9.17, 15) is 4.39 Å². The molecule has 74 valence electrons. The second kappa shape index (κ2) is 4.38. The van der Waals surface area contributed by atoms with Crippen LogP contribution in [0.3, 0.4) is 0 Å². The quantitative estimate of drug-likeness (QED) is 0.664. The standard InChI is InChI=1S/C12H13FO/c13-12-3-1-2-11(9-12)8-10-4-6-14-7-5-10/h1-3,8-9H,4-7H2. The van der Waals surface area contributed by atoms with Gasteiger partial charge in [0.15, 0.2) is 0 Å². The van der Waals surface area contributed by atoms with Gasteiger partial charge in [-0.2, -0.15) is 0 Å². The van der Waals surface area contributed by atoms with Crippen molar-refractivity contribution in [2.45, 2.75) is 12.8 Å². The average molecular weight is 192 g/mol. The SMILES string of the molecule is Fc1cccc(C=C2CCOCC2)c1. The monoisotopic (exact) mass is 192 g/mol. The van der Waals surface area contributed by atoms with E-state index in [2.05, 4.69) is 6.08 Å². The second-order valence-corrected chi connectivity index (χ2v) is 3.47. The van der Waals surface area contributed by atoms with E-state index in [0.717, 1.165) is 31.6 Å². The highest BCUT2D eigenvalue weighted by Gasteiger charge is 2.04. The van der Waals surface area contributed by atoms with Crippen molar-refractivity contribution in [1.82, 2.24) is 0 Å². The van der Waals surface area contributed by atoms with Gasteiger partial charge in [-0.3, -0.25) is 0 Å². The Balaban J connectivity index is 2.15. The average Bonchev–Trinajstić information content (AvgIpc) is 2.19. The number of halogens is 1. The summed E-state index contributed by atoms with van der Waals surface area (Å²) in [4.78, 5) is 0. The van der Waals surface area contributed by atoms with Crippen LogP contribution in [0.1, 0.15) is 18.4 Å². The van der Waals surface area contributed by atoms with Gasteiger partial charge in [0.2, 0.25) is 0 Å². The molecule has 14 heavy (non-hydrogen) atoms. The van der Waals surface area contributed by atoms with E-state index in [0.29, 0.717) is 0 Å². The number of hydrogen-bond donors (Lipinski definition) is 0. The molecular weight excluding hydrogens is 179 g/mol. The third-order valence-electron chi connectivity index (χ3n) is 2.35. The van der Waals surface area contributed by atoms with Crippen LogP contribution in [-0.2, 0) is 4.74 Å². The summed E-state index contributed by atoms with van der Waals surface area (Å²) >= 11 is 0. The maximum atomic E-state index is 12.9. The molecule has 1 fully saturated rings. The van der Waals surface area contributed by atoms with Crippen molar-refractivity contribution in [3.8, 4) is 0 Å². The van der Waals surface area contributed by atoms with Gasteiger partial charge in [-0.25, -0.2) is 4.39 Å². The molecule has 0 aromatic heterocycles. The van der Waals surface area contributed by atoms with Crippen molar-refractivity contribution in [2.75, 3.05) is 13.2 Å². The van der Waals surface area contributed by atoms with Crippen molar-refractivity contribution in [2.24, 2.45) is 0 Å². The maximum absolute atomic E-state index is 12.9. The zero-order chi connectivity index (χ0) is 9.80. The normalized spacial score (nSPS) is 16.8. The molecule has 1 aliphatic heterocycles. The van der Waals surface area contributed by atoms with Crippen LogP contribution < -0.4 is 0 Å². The predicted molar refractivity (Wildman–Crippen MR) is 54.4 cm³/mol. The van der Waals surface area contributed by atoms with Crippen LogP contribution in [0.5, 0.6) is 0 Å². The maximum Gasteiger partial charge on any atom is 0.123 e. The van der Waals surface area contributed by atoms with Crippen LogP contribution in [0.25, 0.3) is 6.08 Å². The lowest BCUT2D eigenvalue weighted by molar-refractivity contribution is 0.119. The summed E-state index contributed by atoms with van der Waals surface area (Å²) in [5.41, 5.74) is 2.30. The molecule has 0 unspecified atom stereocenters. The summed E-state index contributed by atoms with van der Waals surface area (Å²) in [6.45, 7) is 1.59. The number of rotatable bonds is 1. The van der Waals surface area contributed by atoms with Crippen molar-refractivity contribution in [3.63, 3.8) is 0 Å². The summed E-state index contributed by atoms with van der Waals surface area (Å²) in [7, 11) is 0. The number of hydrogen-bond acceptors (Lipinski definition) is 1. The van der Waals surface area contributed by atoms with E-state index in [1.807, 2.05) is 6.07 Å². The van der Waals surface area contributed by atoms with Gasteiger partial charge in [-0.15, -0.1) is 0 Å². The molecule has 1 saturated heterocycles. The van der Waals surface area contributed by atoms with Gasteiger partial charge < -0.3 is 4.74 Å². The first-order valence-electron chi connectivity index (χ1n) is 4.87. The molecular formula is C12H13FO. The van der Waals surface area contributed by atoms with E-state index >= 15 is 0 Å². The lowest BCUT2D eigenvalue weighted by Gasteiger charge is -2.14. The highest BCUT2D eigenvalue weighted by molar-refractivity contribution is 5.52. The van der Waals surface area contributed by atoms with Crippen LogP contribution in [0, 0.1) is 5.82 Å². The molecule has 0 atom stereocenters. The molecule has 1 nitrogen and oxygen atoms in total. The van der Waals surface area contributed by atoms with Crippen LogP contribution in [-0.4, -0.2) is 13.2 Å². The van der Waals surface area contributed by atoms with Gasteiger partial charge in [-0.05, 0) is 30.5 Å². The second-order valence-electron chi connectivity index (χ2n) is 3.47. The van der Waals surface area contributed by atoms with Crippen molar-refractivity contribution < 1.29 is 9.13 Å². The fourth-order valence-electron chi connectivity index (χ4n) is 1.61. The Bertz CT molecular complexity index is 336. The van der Waals surface area contributed by atoms with Crippen molar-refractivity contribution >= 4 is 6.08 Å². The Kier molecular flexibility index (Phi) is 2.94. The summed E-state index contributed by atoms with van der Waals surface area (Å²) in [6.07, 6.45) is 4.00. The van der Waals surface area contributed by atoms with E-state index in [1.165, 1.54) is 11.6 Å². The molecule has 0 saturated carbocycles. The molecule has 1 aromatic rings. The highest BCUT2D eigenvalue weighted by Crippen LogP contribution is 2.17. The smallest absolute Gasteiger partial charge is 0.123 e. The number of benzene rings is 1. The first kappa shape index (κ1) is 9.41. The minimum atomic E-state index is -0.175. The van der Waals surface area contributed by atoms with E-state index in [4.69, 9.17) is 4.74 Å². The van der Waals surface area contributed by atoms with Crippen molar-refractivity contribution in [3.05, 3.63) is 41.2 Å². The minimum Gasteiger partial charge on any atom is -0.381 e. The molecule has 0 radical (unpaired) electrons. The Labute approximate surface area is 83.2 Å². The molecule has 0 spiro atoms. The molecule has 0 aliphatic carbocycles. The van der Waals surface area contributed by atoms with Crippen LogP contribution in [0.15, 0.2) is 29.8 Å². The summed E-state index contributed by atoms with van der Waals surface area (Å²) in [5, 5.41) is 0. The Morgan fingerprint density at radius 1 is 1.21 bits per heavy atom. The first-order chi connectivity index (χ1) is 6.84. The summed E-state index contributed by atoms with van der Waals surface area (Å²) in [6, 6.07) is 6.68. The van der Waals surface area contributed by atoms with E-state index in [-0.39, 0.29) is 5.82 Å².